The molecule has 0 amide bonds. The highest BCUT2D eigenvalue weighted by Gasteiger charge is 2.58. The quantitative estimate of drug-likeness (QED) is 0.613. The van der Waals surface area contributed by atoms with Gasteiger partial charge in [-0.05, 0) is 13.0 Å². The van der Waals surface area contributed by atoms with Gasteiger partial charge in [0, 0.05) is 5.56 Å². The lowest BCUT2D eigenvalue weighted by atomic mass is 10.1. The third-order valence-corrected chi connectivity index (χ3v) is 1.74. The van der Waals surface area contributed by atoms with Crippen LogP contribution in [0.5, 0.6) is 0 Å². The summed E-state index contributed by atoms with van der Waals surface area (Å²) in [6, 6.07) is 4.22. The van der Waals surface area contributed by atoms with E-state index < -0.39 is 17.7 Å². The van der Waals surface area contributed by atoms with Crippen molar-refractivity contribution in [3.8, 4) is 0 Å². The molecule has 0 unspecified atom stereocenters. The Bertz CT molecular complexity index is 327. The van der Waals surface area contributed by atoms with Crippen LogP contribution in [0.3, 0.4) is 0 Å². The van der Waals surface area contributed by atoms with Gasteiger partial charge >= 0.3 is 12.1 Å². The number of alkyl halides is 5. The highest BCUT2D eigenvalue weighted by Crippen LogP contribution is 2.43. The van der Waals surface area contributed by atoms with Crippen LogP contribution in [0.4, 0.5) is 22.0 Å². The molecule has 0 aromatic heterocycles. The second-order valence-corrected chi connectivity index (χ2v) is 2.94. The first-order valence-corrected chi connectivity index (χ1v) is 3.77. The lowest BCUT2D eigenvalue weighted by molar-refractivity contribution is -0.289. The van der Waals surface area contributed by atoms with Crippen LogP contribution in [0.1, 0.15) is 26.0 Å². The minimum atomic E-state index is -5.54. The highest BCUT2D eigenvalue weighted by atomic mass is 19.4. The van der Waals surface area contributed by atoms with Crippen molar-refractivity contribution in [3.05, 3.63) is 35.4 Å². The molecule has 0 fully saturated rings. The van der Waals surface area contributed by atoms with Crippen molar-refractivity contribution in [2.75, 3.05) is 0 Å². The average molecular weight is 242 g/mol. The van der Waals surface area contributed by atoms with Crippen LogP contribution in [0.15, 0.2) is 24.3 Å². The summed E-state index contributed by atoms with van der Waals surface area (Å²) >= 11 is 0. The number of halogens is 5. The molecule has 0 aliphatic rings. The van der Waals surface area contributed by atoms with Crippen molar-refractivity contribution < 1.29 is 22.0 Å². The molecule has 1 rings (SSSR count). The van der Waals surface area contributed by atoms with E-state index in [0.29, 0.717) is 5.56 Å². The Labute approximate surface area is 92.1 Å². The van der Waals surface area contributed by atoms with Crippen molar-refractivity contribution >= 4 is 0 Å². The SMILES string of the molecule is C.C.Cc1cccc(C(F)(F)C(F)(F)F)c1. The van der Waals surface area contributed by atoms with Gasteiger partial charge < -0.3 is 0 Å². The molecule has 0 aliphatic heterocycles. The van der Waals surface area contributed by atoms with Crippen molar-refractivity contribution in [3.63, 3.8) is 0 Å². The van der Waals surface area contributed by atoms with Gasteiger partial charge in [-0.2, -0.15) is 22.0 Å². The van der Waals surface area contributed by atoms with E-state index in [0.717, 1.165) is 12.1 Å². The topological polar surface area (TPSA) is 0 Å². The van der Waals surface area contributed by atoms with Crippen LogP contribution in [0.25, 0.3) is 0 Å². The van der Waals surface area contributed by atoms with Gasteiger partial charge in [-0.1, -0.05) is 38.6 Å². The number of rotatable bonds is 1. The molecule has 1 aromatic carbocycles. The van der Waals surface area contributed by atoms with E-state index in [-0.39, 0.29) is 14.9 Å². The fourth-order valence-corrected chi connectivity index (χ4v) is 1.00. The van der Waals surface area contributed by atoms with Crippen LogP contribution in [-0.4, -0.2) is 6.18 Å². The summed E-state index contributed by atoms with van der Waals surface area (Å²) in [5.41, 5.74) is -0.656. The Balaban J connectivity index is 0. The predicted octanol–water partition coefficient (Wildman–Crippen LogP) is 4.92. The lowest BCUT2D eigenvalue weighted by Crippen LogP contribution is -2.33. The number of aryl methyl sites for hydroxylation is 1. The van der Waals surface area contributed by atoms with Crippen molar-refractivity contribution in [2.45, 2.75) is 33.9 Å². The van der Waals surface area contributed by atoms with E-state index in [1.165, 1.54) is 19.1 Å². The second kappa shape index (κ2) is 5.27. The van der Waals surface area contributed by atoms with Crippen molar-refractivity contribution in [2.24, 2.45) is 0 Å². The monoisotopic (exact) mass is 242 g/mol. The third kappa shape index (κ3) is 3.18. The zero-order chi connectivity index (χ0) is 11.0. The molecular weight excluding hydrogens is 227 g/mol. The summed E-state index contributed by atoms with van der Waals surface area (Å²) in [6.45, 7) is 1.45. The van der Waals surface area contributed by atoms with Gasteiger partial charge in [0.05, 0.1) is 0 Å². The molecule has 0 saturated heterocycles. The van der Waals surface area contributed by atoms with Crippen LogP contribution in [0, 0.1) is 6.92 Å². The summed E-state index contributed by atoms with van der Waals surface area (Å²) in [6.07, 6.45) is -5.54. The molecule has 0 N–H and O–H groups in total. The Morgan fingerprint density at radius 1 is 0.938 bits per heavy atom. The molecule has 5 heteroatoms. The largest absolute Gasteiger partial charge is 0.458 e. The Kier molecular flexibility index (Phi) is 5.69. The Morgan fingerprint density at radius 3 is 1.81 bits per heavy atom. The highest BCUT2D eigenvalue weighted by molar-refractivity contribution is 5.26. The van der Waals surface area contributed by atoms with E-state index in [9.17, 15) is 22.0 Å². The first-order chi connectivity index (χ1) is 6.25. The minimum Gasteiger partial charge on any atom is -0.191 e. The van der Waals surface area contributed by atoms with Crippen molar-refractivity contribution in [1.82, 2.24) is 0 Å². The van der Waals surface area contributed by atoms with Gasteiger partial charge in [0.1, 0.15) is 0 Å². The molecule has 0 heterocycles. The number of benzene rings is 1. The van der Waals surface area contributed by atoms with Gasteiger partial charge in [-0.3, -0.25) is 0 Å². The lowest BCUT2D eigenvalue weighted by Gasteiger charge is -2.19. The van der Waals surface area contributed by atoms with E-state index in [2.05, 4.69) is 0 Å². The molecule has 0 spiro atoms. The molecule has 16 heavy (non-hydrogen) atoms. The molecule has 0 aliphatic carbocycles. The standard InChI is InChI=1S/C9H7F5.2CH4/c1-6-3-2-4-7(5-6)8(10,11)9(12,13)14;;/h2-5H,1H3;2*1H4. The number of hydrogen-bond donors (Lipinski definition) is 0. The maximum absolute atomic E-state index is 12.7. The fraction of sp³-hybridized carbons (Fsp3) is 0.455. The van der Waals surface area contributed by atoms with Gasteiger partial charge in [0.25, 0.3) is 0 Å². The van der Waals surface area contributed by atoms with Crippen LogP contribution in [0.2, 0.25) is 0 Å². The summed E-state index contributed by atoms with van der Waals surface area (Å²) in [5.74, 6) is -4.78. The van der Waals surface area contributed by atoms with E-state index in [1.807, 2.05) is 0 Å². The second-order valence-electron chi connectivity index (χ2n) is 2.94. The van der Waals surface area contributed by atoms with Gasteiger partial charge in [0.2, 0.25) is 0 Å². The predicted molar refractivity (Wildman–Crippen MR) is 54.6 cm³/mol. The third-order valence-electron chi connectivity index (χ3n) is 1.74. The molecular formula is C11H15F5. The zero-order valence-corrected chi connectivity index (χ0v) is 7.20. The summed E-state index contributed by atoms with van der Waals surface area (Å²) < 4.78 is 61.1. The normalized spacial score (nSPS) is 11.4. The van der Waals surface area contributed by atoms with Crippen LogP contribution in [-0.2, 0) is 5.92 Å². The molecule has 94 valence electrons. The maximum Gasteiger partial charge on any atom is 0.458 e. The average Bonchev–Trinajstić information content (AvgIpc) is 2.02. The Hall–Kier alpha value is -1.13. The fourth-order valence-electron chi connectivity index (χ4n) is 1.00. The number of hydrogen-bond acceptors (Lipinski definition) is 0. The van der Waals surface area contributed by atoms with E-state index in [1.54, 1.807) is 0 Å². The molecule has 0 saturated carbocycles. The maximum atomic E-state index is 12.7. The molecule has 1 aromatic rings. The molecule has 0 atom stereocenters. The Morgan fingerprint density at radius 2 is 1.44 bits per heavy atom. The van der Waals surface area contributed by atoms with Crippen LogP contribution >= 0.6 is 0 Å². The smallest absolute Gasteiger partial charge is 0.191 e. The summed E-state index contributed by atoms with van der Waals surface area (Å²) in [7, 11) is 0. The summed E-state index contributed by atoms with van der Waals surface area (Å²) in [4.78, 5) is 0. The molecule has 0 radical (unpaired) electrons. The first-order valence-electron chi connectivity index (χ1n) is 3.77. The first kappa shape index (κ1) is 17.3. The molecule has 0 nitrogen and oxygen atoms in total. The van der Waals surface area contributed by atoms with Crippen molar-refractivity contribution in [1.29, 1.82) is 0 Å². The van der Waals surface area contributed by atoms with Crippen LogP contribution < -0.4 is 0 Å². The van der Waals surface area contributed by atoms with E-state index >= 15 is 0 Å². The molecule has 0 bridgehead atoms. The van der Waals surface area contributed by atoms with E-state index in [4.69, 9.17) is 0 Å². The van der Waals surface area contributed by atoms with Gasteiger partial charge in [-0.25, -0.2) is 0 Å². The van der Waals surface area contributed by atoms with Gasteiger partial charge in [-0.15, -0.1) is 0 Å². The minimum absolute atomic E-state index is 0. The van der Waals surface area contributed by atoms with Gasteiger partial charge in [0.15, 0.2) is 0 Å². The zero-order valence-electron chi connectivity index (χ0n) is 7.20. The summed E-state index contributed by atoms with van der Waals surface area (Å²) in [5, 5.41) is 0.